The molecule has 0 aromatic carbocycles. The molecule has 1 aromatic rings. The second-order valence-electron chi connectivity index (χ2n) is 3.68. The van der Waals surface area contributed by atoms with Gasteiger partial charge >= 0.3 is 0 Å². The normalized spacial score (nSPS) is 12.5. The molecular formula is C12H19ClN2. The van der Waals surface area contributed by atoms with E-state index in [1.54, 1.807) is 0 Å². The average molecular weight is 227 g/mol. The van der Waals surface area contributed by atoms with Crippen LogP contribution >= 0.6 is 11.6 Å². The van der Waals surface area contributed by atoms with Gasteiger partial charge in [0.05, 0.1) is 11.6 Å². The number of anilines is 1. The van der Waals surface area contributed by atoms with Gasteiger partial charge in [-0.1, -0.05) is 6.92 Å². The van der Waals surface area contributed by atoms with Crippen LogP contribution in [0.2, 0.25) is 0 Å². The zero-order valence-corrected chi connectivity index (χ0v) is 10.5. The molecule has 0 radical (unpaired) electrons. The highest BCUT2D eigenvalue weighted by atomic mass is 35.5. The summed E-state index contributed by atoms with van der Waals surface area (Å²) >= 11 is 5.78. The number of pyridine rings is 1. The number of rotatable bonds is 5. The second kappa shape index (κ2) is 5.96. The first-order valence-corrected chi connectivity index (χ1v) is 6.03. The summed E-state index contributed by atoms with van der Waals surface area (Å²) in [6, 6.07) is 4.68. The molecule has 1 atom stereocenters. The lowest BCUT2D eigenvalue weighted by Gasteiger charge is -2.29. The van der Waals surface area contributed by atoms with Crippen molar-refractivity contribution in [2.24, 2.45) is 0 Å². The molecule has 3 heteroatoms. The number of hydrogen-bond donors (Lipinski definition) is 0. The minimum absolute atomic E-state index is 0.478. The lowest BCUT2D eigenvalue weighted by Crippen LogP contribution is -2.32. The number of hydrogen-bond acceptors (Lipinski definition) is 2. The molecule has 0 aliphatic rings. The Morgan fingerprint density at radius 3 is 2.73 bits per heavy atom. The van der Waals surface area contributed by atoms with Crippen molar-refractivity contribution in [2.75, 3.05) is 11.4 Å². The summed E-state index contributed by atoms with van der Waals surface area (Å²) in [4.78, 5) is 6.57. The smallest absolute Gasteiger partial charge is 0.0648 e. The molecule has 0 bridgehead atoms. The van der Waals surface area contributed by atoms with Gasteiger partial charge in [-0.3, -0.25) is 4.98 Å². The van der Waals surface area contributed by atoms with Gasteiger partial charge in [0.2, 0.25) is 0 Å². The SMILES string of the molecule is CCC(C)N(CC)c1ccnc(CCl)c1. The number of halogens is 1. The number of alkyl halides is 1. The molecule has 15 heavy (non-hydrogen) atoms. The zero-order chi connectivity index (χ0) is 11.3. The summed E-state index contributed by atoms with van der Waals surface area (Å²) in [6.07, 6.45) is 2.98. The van der Waals surface area contributed by atoms with E-state index >= 15 is 0 Å². The van der Waals surface area contributed by atoms with E-state index < -0.39 is 0 Å². The van der Waals surface area contributed by atoms with E-state index in [0.29, 0.717) is 11.9 Å². The molecule has 0 aliphatic heterocycles. The Morgan fingerprint density at radius 2 is 2.20 bits per heavy atom. The molecule has 1 rings (SSSR count). The van der Waals surface area contributed by atoms with Crippen LogP contribution in [-0.4, -0.2) is 17.6 Å². The zero-order valence-electron chi connectivity index (χ0n) is 9.70. The fraction of sp³-hybridized carbons (Fsp3) is 0.583. The summed E-state index contributed by atoms with van der Waals surface area (Å²) in [6.45, 7) is 7.63. The summed E-state index contributed by atoms with van der Waals surface area (Å²) < 4.78 is 0. The van der Waals surface area contributed by atoms with Crippen LogP contribution in [0.25, 0.3) is 0 Å². The maximum absolute atomic E-state index is 5.78. The van der Waals surface area contributed by atoms with Crippen LogP contribution in [-0.2, 0) is 5.88 Å². The Kier molecular flexibility index (Phi) is 4.89. The van der Waals surface area contributed by atoms with Gasteiger partial charge in [-0.2, -0.15) is 0 Å². The van der Waals surface area contributed by atoms with Crippen molar-refractivity contribution in [3.8, 4) is 0 Å². The van der Waals surface area contributed by atoms with Gasteiger partial charge in [0.25, 0.3) is 0 Å². The third-order valence-corrected chi connectivity index (χ3v) is 3.01. The summed E-state index contributed by atoms with van der Waals surface area (Å²) in [5, 5.41) is 0. The topological polar surface area (TPSA) is 16.1 Å². The molecule has 0 saturated carbocycles. The monoisotopic (exact) mass is 226 g/mol. The van der Waals surface area contributed by atoms with Gasteiger partial charge in [0.1, 0.15) is 0 Å². The van der Waals surface area contributed by atoms with E-state index in [1.165, 1.54) is 5.69 Å². The molecule has 0 saturated heterocycles. The minimum Gasteiger partial charge on any atom is -0.369 e. The molecule has 2 nitrogen and oxygen atoms in total. The summed E-state index contributed by atoms with van der Waals surface area (Å²) in [5.41, 5.74) is 2.16. The average Bonchev–Trinajstić information content (AvgIpc) is 2.30. The first kappa shape index (κ1) is 12.3. The van der Waals surface area contributed by atoms with Gasteiger partial charge < -0.3 is 4.90 Å². The Balaban J connectivity index is 2.91. The molecule has 1 aromatic heterocycles. The maximum Gasteiger partial charge on any atom is 0.0648 e. The van der Waals surface area contributed by atoms with E-state index in [4.69, 9.17) is 11.6 Å². The third kappa shape index (κ3) is 3.10. The molecular weight excluding hydrogens is 208 g/mol. The molecule has 0 N–H and O–H groups in total. The van der Waals surface area contributed by atoms with E-state index in [0.717, 1.165) is 18.7 Å². The second-order valence-corrected chi connectivity index (χ2v) is 3.95. The Bertz CT molecular complexity index is 301. The highest BCUT2D eigenvalue weighted by Gasteiger charge is 2.11. The molecule has 84 valence electrons. The van der Waals surface area contributed by atoms with Crippen molar-refractivity contribution < 1.29 is 0 Å². The van der Waals surface area contributed by atoms with Crippen LogP contribution in [0.1, 0.15) is 32.9 Å². The van der Waals surface area contributed by atoms with Crippen LogP contribution in [0.15, 0.2) is 18.3 Å². The quantitative estimate of drug-likeness (QED) is 0.715. The lowest BCUT2D eigenvalue weighted by atomic mass is 10.2. The number of nitrogens with zero attached hydrogens (tertiary/aromatic N) is 2. The molecule has 0 amide bonds. The summed E-state index contributed by atoms with van der Waals surface area (Å²) in [5.74, 6) is 0.478. The van der Waals surface area contributed by atoms with Crippen molar-refractivity contribution in [1.29, 1.82) is 0 Å². The van der Waals surface area contributed by atoms with Gasteiger partial charge in [-0.05, 0) is 32.4 Å². The Labute approximate surface area is 97.3 Å². The van der Waals surface area contributed by atoms with Crippen molar-refractivity contribution in [1.82, 2.24) is 4.98 Å². The van der Waals surface area contributed by atoms with Crippen molar-refractivity contribution in [3.63, 3.8) is 0 Å². The molecule has 0 fully saturated rings. The molecule has 0 aliphatic carbocycles. The van der Waals surface area contributed by atoms with Crippen LogP contribution in [0, 0.1) is 0 Å². The molecule has 1 heterocycles. The van der Waals surface area contributed by atoms with Gasteiger partial charge in [-0.25, -0.2) is 0 Å². The van der Waals surface area contributed by atoms with Crippen LogP contribution in [0.3, 0.4) is 0 Å². The standard InChI is InChI=1S/C12H19ClN2/c1-4-10(3)15(5-2)12-6-7-14-11(8-12)9-13/h6-8,10H,4-5,9H2,1-3H3. The largest absolute Gasteiger partial charge is 0.369 e. The van der Waals surface area contributed by atoms with E-state index in [-0.39, 0.29) is 0 Å². The molecule has 0 spiro atoms. The minimum atomic E-state index is 0.478. The third-order valence-electron chi connectivity index (χ3n) is 2.73. The number of aromatic nitrogens is 1. The van der Waals surface area contributed by atoms with Crippen LogP contribution in [0.5, 0.6) is 0 Å². The van der Waals surface area contributed by atoms with Gasteiger partial charge in [0.15, 0.2) is 0 Å². The highest BCUT2D eigenvalue weighted by Crippen LogP contribution is 2.19. The van der Waals surface area contributed by atoms with E-state index in [2.05, 4.69) is 36.7 Å². The highest BCUT2D eigenvalue weighted by molar-refractivity contribution is 6.16. The first-order chi connectivity index (χ1) is 7.22. The lowest BCUT2D eigenvalue weighted by molar-refractivity contribution is 0.629. The van der Waals surface area contributed by atoms with Crippen LogP contribution < -0.4 is 4.90 Å². The predicted octanol–water partition coefficient (Wildman–Crippen LogP) is 3.45. The van der Waals surface area contributed by atoms with Crippen molar-refractivity contribution in [3.05, 3.63) is 24.0 Å². The van der Waals surface area contributed by atoms with Crippen molar-refractivity contribution >= 4 is 17.3 Å². The predicted molar refractivity (Wildman–Crippen MR) is 66.6 cm³/mol. The first-order valence-electron chi connectivity index (χ1n) is 5.50. The van der Waals surface area contributed by atoms with Gasteiger partial charge in [-0.15, -0.1) is 11.6 Å². The molecule has 1 unspecified atom stereocenters. The fourth-order valence-electron chi connectivity index (χ4n) is 1.69. The van der Waals surface area contributed by atoms with E-state index in [9.17, 15) is 0 Å². The maximum atomic E-state index is 5.78. The Morgan fingerprint density at radius 1 is 1.47 bits per heavy atom. The van der Waals surface area contributed by atoms with Crippen LogP contribution in [0.4, 0.5) is 5.69 Å². The van der Waals surface area contributed by atoms with E-state index in [1.807, 2.05) is 12.3 Å². The fourth-order valence-corrected chi connectivity index (χ4v) is 1.83. The van der Waals surface area contributed by atoms with Crippen molar-refractivity contribution in [2.45, 2.75) is 39.1 Å². The summed E-state index contributed by atoms with van der Waals surface area (Å²) in [7, 11) is 0. The van der Waals surface area contributed by atoms with Gasteiger partial charge in [0, 0.05) is 24.5 Å². The Hall–Kier alpha value is -0.760.